The van der Waals surface area contributed by atoms with Crippen molar-refractivity contribution < 1.29 is 4.74 Å². The minimum Gasteiger partial charge on any atom is -0.374 e. The van der Waals surface area contributed by atoms with E-state index in [0.717, 1.165) is 39.3 Å². The van der Waals surface area contributed by atoms with Crippen LogP contribution in [0.2, 0.25) is 0 Å². The molecule has 2 unspecified atom stereocenters. The van der Waals surface area contributed by atoms with E-state index in [9.17, 15) is 0 Å². The van der Waals surface area contributed by atoms with Crippen LogP contribution >= 0.6 is 0 Å². The van der Waals surface area contributed by atoms with Crippen molar-refractivity contribution >= 4 is 0 Å². The van der Waals surface area contributed by atoms with Crippen molar-refractivity contribution in [3.63, 3.8) is 0 Å². The fraction of sp³-hybridized carbons (Fsp3) is 1.00. The van der Waals surface area contributed by atoms with Crippen LogP contribution in [0, 0.1) is 0 Å². The Morgan fingerprint density at radius 1 is 1.40 bits per heavy atom. The molecule has 0 aromatic carbocycles. The van der Waals surface area contributed by atoms with Crippen molar-refractivity contribution in [2.24, 2.45) is 5.73 Å². The monoisotopic (exact) mass is 213 g/mol. The highest BCUT2D eigenvalue weighted by Gasteiger charge is 2.30. The van der Waals surface area contributed by atoms with Crippen LogP contribution in [0.1, 0.15) is 13.3 Å². The lowest BCUT2D eigenvalue weighted by atomic mass is 10.0. The zero-order valence-corrected chi connectivity index (χ0v) is 9.69. The molecule has 2 N–H and O–H groups in total. The molecule has 2 aliphatic heterocycles. The maximum Gasteiger partial charge on any atom is 0.0829 e. The Kier molecular flexibility index (Phi) is 3.97. The van der Waals surface area contributed by atoms with Gasteiger partial charge in [0.1, 0.15) is 0 Å². The average molecular weight is 213 g/mol. The standard InChI is InChI=1S/C11H23N3O/c1-2-13-5-6-15-11(8-13)9-14-4-3-10(14)7-12/h10-11H,2-9,12H2,1H3. The van der Waals surface area contributed by atoms with E-state index in [-0.39, 0.29) is 0 Å². The molecular formula is C11H23N3O. The fourth-order valence-electron chi connectivity index (χ4n) is 2.44. The van der Waals surface area contributed by atoms with E-state index in [1.54, 1.807) is 0 Å². The van der Waals surface area contributed by atoms with Crippen LogP contribution in [0.4, 0.5) is 0 Å². The molecule has 2 heterocycles. The summed E-state index contributed by atoms with van der Waals surface area (Å²) in [6.07, 6.45) is 1.66. The van der Waals surface area contributed by atoms with Crippen molar-refractivity contribution in [1.29, 1.82) is 0 Å². The van der Waals surface area contributed by atoms with E-state index >= 15 is 0 Å². The van der Waals surface area contributed by atoms with Gasteiger partial charge in [-0.25, -0.2) is 0 Å². The summed E-state index contributed by atoms with van der Waals surface area (Å²) in [6.45, 7) is 9.49. The molecule has 0 spiro atoms. The van der Waals surface area contributed by atoms with E-state index in [1.807, 2.05) is 0 Å². The van der Waals surface area contributed by atoms with Crippen LogP contribution in [0.5, 0.6) is 0 Å². The van der Waals surface area contributed by atoms with Crippen molar-refractivity contribution in [1.82, 2.24) is 9.80 Å². The molecule has 0 radical (unpaired) electrons. The normalized spacial score (nSPS) is 34.0. The van der Waals surface area contributed by atoms with Crippen LogP contribution in [0.15, 0.2) is 0 Å². The number of rotatable bonds is 4. The van der Waals surface area contributed by atoms with Gasteiger partial charge in [0.2, 0.25) is 0 Å². The summed E-state index contributed by atoms with van der Waals surface area (Å²) in [5.74, 6) is 0. The summed E-state index contributed by atoms with van der Waals surface area (Å²) in [5.41, 5.74) is 5.69. The zero-order chi connectivity index (χ0) is 10.7. The third-order valence-electron chi connectivity index (χ3n) is 3.65. The van der Waals surface area contributed by atoms with Gasteiger partial charge in [-0.3, -0.25) is 9.80 Å². The molecule has 0 aliphatic carbocycles. The highest BCUT2D eigenvalue weighted by atomic mass is 16.5. The van der Waals surface area contributed by atoms with Crippen LogP contribution in [0.25, 0.3) is 0 Å². The Labute approximate surface area is 92.4 Å². The average Bonchev–Trinajstić information content (AvgIpc) is 2.25. The van der Waals surface area contributed by atoms with Gasteiger partial charge in [0.15, 0.2) is 0 Å². The Morgan fingerprint density at radius 2 is 2.27 bits per heavy atom. The molecule has 4 nitrogen and oxygen atoms in total. The lowest BCUT2D eigenvalue weighted by Crippen LogP contribution is -2.57. The first kappa shape index (κ1) is 11.3. The predicted octanol–water partition coefficient (Wildman–Crippen LogP) is -0.260. The van der Waals surface area contributed by atoms with Gasteiger partial charge < -0.3 is 10.5 Å². The minimum atomic E-state index is 0.396. The van der Waals surface area contributed by atoms with E-state index in [4.69, 9.17) is 10.5 Å². The number of hydrogen-bond acceptors (Lipinski definition) is 4. The number of ether oxygens (including phenoxy) is 1. The van der Waals surface area contributed by atoms with Gasteiger partial charge in [-0.05, 0) is 13.0 Å². The highest BCUT2D eigenvalue weighted by molar-refractivity contribution is 4.86. The van der Waals surface area contributed by atoms with Crippen molar-refractivity contribution in [2.75, 3.05) is 45.9 Å². The number of likely N-dealkylation sites (N-methyl/N-ethyl adjacent to an activating group) is 1. The number of nitrogens with two attached hydrogens (primary N) is 1. The number of likely N-dealkylation sites (tertiary alicyclic amines) is 1. The fourth-order valence-corrected chi connectivity index (χ4v) is 2.44. The molecule has 2 fully saturated rings. The van der Waals surface area contributed by atoms with Crippen molar-refractivity contribution in [3.8, 4) is 0 Å². The summed E-state index contributed by atoms with van der Waals surface area (Å²) in [5, 5.41) is 0. The lowest BCUT2D eigenvalue weighted by molar-refractivity contribution is -0.0599. The number of morpholine rings is 1. The summed E-state index contributed by atoms with van der Waals surface area (Å²) in [4.78, 5) is 4.93. The van der Waals surface area contributed by atoms with Gasteiger partial charge in [-0.2, -0.15) is 0 Å². The van der Waals surface area contributed by atoms with Gasteiger partial charge in [-0.1, -0.05) is 6.92 Å². The first-order chi connectivity index (χ1) is 7.33. The Morgan fingerprint density at radius 3 is 2.87 bits per heavy atom. The zero-order valence-electron chi connectivity index (χ0n) is 9.69. The summed E-state index contributed by atoms with van der Waals surface area (Å²) in [6, 6.07) is 0.616. The Bertz CT molecular complexity index is 198. The van der Waals surface area contributed by atoms with Gasteiger partial charge in [-0.15, -0.1) is 0 Å². The van der Waals surface area contributed by atoms with E-state index in [1.165, 1.54) is 13.0 Å². The molecule has 15 heavy (non-hydrogen) atoms. The highest BCUT2D eigenvalue weighted by Crippen LogP contribution is 2.18. The van der Waals surface area contributed by atoms with E-state index < -0.39 is 0 Å². The van der Waals surface area contributed by atoms with Gasteiger partial charge >= 0.3 is 0 Å². The maximum absolute atomic E-state index is 5.79. The predicted molar refractivity (Wildman–Crippen MR) is 60.9 cm³/mol. The molecule has 4 heteroatoms. The third kappa shape index (κ3) is 2.69. The summed E-state index contributed by atoms with van der Waals surface area (Å²) < 4.78 is 5.79. The first-order valence-corrected chi connectivity index (χ1v) is 6.11. The molecule has 0 saturated carbocycles. The van der Waals surface area contributed by atoms with Crippen LogP contribution in [-0.4, -0.2) is 67.8 Å². The number of nitrogens with zero attached hydrogens (tertiary/aromatic N) is 2. The second-order valence-corrected chi connectivity index (χ2v) is 4.56. The maximum atomic E-state index is 5.79. The Hall–Kier alpha value is -0.160. The SMILES string of the molecule is CCN1CCOC(CN2CCC2CN)C1. The molecule has 0 aromatic heterocycles. The number of hydrogen-bond donors (Lipinski definition) is 1. The van der Waals surface area contributed by atoms with Crippen LogP contribution < -0.4 is 5.73 Å². The molecule has 0 amide bonds. The molecule has 2 rings (SSSR count). The topological polar surface area (TPSA) is 41.7 Å². The van der Waals surface area contributed by atoms with Crippen molar-refractivity contribution in [3.05, 3.63) is 0 Å². The second kappa shape index (κ2) is 5.25. The molecule has 2 saturated heterocycles. The molecule has 2 aliphatic rings. The molecular weight excluding hydrogens is 190 g/mol. The molecule has 2 atom stereocenters. The van der Waals surface area contributed by atoms with Crippen LogP contribution in [-0.2, 0) is 4.74 Å². The summed E-state index contributed by atoms with van der Waals surface area (Å²) in [7, 11) is 0. The smallest absolute Gasteiger partial charge is 0.0829 e. The van der Waals surface area contributed by atoms with Gasteiger partial charge in [0.25, 0.3) is 0 Å². The lowest BCUT2D eigenvalue weighted by Gasteiger charge is -2.43. The third-order valence-corrected chi connectivity index (χ3v) is 3.65. The second-order valence-electron chi connectivity index (χ2n) is 4.56. The summed E-state index contributed by atoms with van der Waals surface area (Å²) >= 11 is 0. The van der Waals surface area contributed by atoms with Gasteiger partial charge in [0, 0.05) is 38.8 Å². The molecule has 0 bridgehead atoms. The quantitative estimate of drug-likeness (QED) is 0.698. The van der Waals surface area contributed by atoms with E-state index in [2.05, 4.69) is 16.7 Å². The minimum absolute atomic E-state index is 0.396. The van der Waals surface area contributed by atoms with Crippen LogP contribution in [0.3, 0.4) is 0 Å². The molecule has 0 aromatic rings. The van der Waals surface area contributed by atoms with Crippen molar-refractivity contribution in [2.45, 2.75) is 25.5 Å². The van der Waals surface area contributed by atoms with Gasteiger partial charge in [0.05, 0.1) is 12.7 Å². The first-order valence-electron chi connectivity index (χ1n) is 6.11. The largest absolute Gasteiger partial charge is 0.374 e. The Balaban J connectivity index is 1.74. The molecule has 88 valence electrons. The van der Waals surface area contributed by atoms with E-state index in [0.29, 0.717) is 12.1 Å².